The highest BCUT2D eigenvalue weighted by Crippen LogP contribution is 2.21. The zero-order valence-corrected chi connectivity index (χ0v) is 12.4. The first-order valence-electron chi connectivity index (χ1n) is 7.34. The van der Waals surface area contributed by atoms with E-state index in [1.165, 1.54) is 36.2 Å². The van der Waals surface area contributed by atoms with Crippen LogP contribution in [0.4, 0.5) is 5.69 Å². The fraction of sp³-hybridized carbons (Fsp3) is 0.529. The van der Waals surface area contributed by atoms with Gasteiger partial charge in [0.2, 0.25) is 0 Å². The van der Waals surface area contributed by atoms with Gasteiger partial charge in [0.05, 0.1) is 0 Å². The minimum Gasteiger partial charge on any atom is -0.364 e. The van der Waals surface area contributed by atoms with E-state index in [0.717, 1.165) is 13.1 Å². The third-order valence-electron chi connectivity index (χ3n) is 3.77. The molecule has 1 heterocycles. The van der Waals surface area contributed by atoms with Crippen molar-refractivity contribution in [1.29, 1.82) is 0 Å². The van der Waals surface area contributed by atoms with Crippen LogP contribution in [0, 0.1) is 6.92 Å². The summed E-state index contributed by atoms with van der Waals surface area (Å²) in [6, 6.07) is 9.54. The maximum Gasteiger partial charge on any atom is 0.0418 e. The fourth-order valence-corrected chi connectivity index (χ4v) is 2.58. The van der Waals surface area contributed by atoms with Gasteiger partial charge in [0, 0.05) is 24.8 Å². The molecule has 0 radical (unpaired) electrons. The zero-order valence-electron chi connectivity index (χ0n) is 12.4. The number of benzene rings is 1. The summed E-state index contributed by atoms with van der Waals surface area (Å²) in [5.41, 5.74) is 4.06. The van der Waals surface area contributed by atoms with Crippen molar-refractivity contribution in [2.24, 2.45) is 0 Å². The lowest BCUT2D eigenvalue weighted by Crippen LogP contribution is -2.46. The molecule has 1 unspecified atom stereocenters. The smallest absolute Gasteiger partial charge is 0.0418 e. The molecular formula is C17H26N2. The Bertz CT molecular complexity index is 409. The van der Waals surface area contributed by atoms with E-state index in [4.69, 9.17) is 0 Å². The Kier molecular flexibility index (Phi) is 5.03. The standard InChI is InChI=1S/C17H26N2/c1-14(2)10-12-19(17-5-4-11-18-13-17)16-8-6-15(3)7-9-16/h6-10,17-18H,4-5,11-13H2,1-3H3. The molecule has 0 aliphatic carbocycles. The van der Waals surface area contributed by atoms with Crippen LogP contribution in [-0.4, -0.2) is 25.7 Å². The highest BCUT2D eigenvalue weighted by atomic mass is 15.2. The molecule has 2 nitrogen and oxygen atoms in total. The highest BCUT2D eigenvalue weighted by Gasteiger charge is 2.20. The van der Waals surface area contributed by atoms with E-state index in [2.05, 4.69) is 61.3 Å². The molecule has 1 aliphatic rings. The van der Waals surface area contributed by atoms with Gasteiger partial charge in [0.15, 0.2) is 0 Å². The van der Waals surface area contributed by atoms with Gasteiger partial charge < -0.3 is 10.2 Å². The third kappa shape index (κ3) is 4.10. The van der Waals surface area contributed by atoms with Crippen LogP contribution in [0.15, 0.2) is 35.9 Å². The number of hydrogen-bond acceptors (Lipinski definition) is 2. The summed E-state index contributed by atoms with van der Waals surface area (Å²) in [6.07, 6.45) is 4.90. The van der Waals surface area contributed by atoms with Gasteiger partial charge >= 0.3 is 0 Å². The van der Waals surface area contributed by atoms with Gasteiger partial charge in [0.1, 0.15) is 0 Å². The summed E-state index contributed by atoms with van der Waals surface area (Å²) in [5, 5.41) is 3.52. The topological polar surface area (TPSA) is 15.3 Å². The van der Waals surface area contributed by atoms with Gasteiger partial charge in [-0.1, -0.05) is 29.3 Å². The summed E-state index contributed by atoms with van der Waals surface area (Å²) in [4.78, 5) is 2.54. The Morgan fingerprint density at radius 3 is 2.63 bits per heavy atom. The lowest BCUT2D eigenvalue weighted by atomic mass is 10.0. The molecule has 2 heteroatoms. The van der Waals surface area contributed by atoms with Gasteiger partial charge in [0.25, 0.3) is 0 Å². The average molecular weight is 258 g/mol. The first kappa shape index (κ1) is 14.1. The van der Waals surface area contributed by atoms with Crippen LogP contribution in [0.2, 0.25) is 0 Å². The second kappa shape index (κ2) is 6.76. The lowest BCUT2D eigenvalue weighted by molar-refractivity contribution is 0.438. The minimum absolute atomic E-state index is 0.618. The fourth-order valence-electron chi connectivity index (χ4n) is 2.58. The first-order chi connectivity index (χ1) is 9.16. The van der Waals surface area contributed by atoms with Gasteiger partial charge in [-0.2, -0.15) is 0 Å². The molecule has 104 valence electrons. The van der Waals surface area contributed by atoms with E-state index in [0.29, 0.717) is 6.04 Å². The number of rotatable bonds is 4. The molecule has 0 spiro atoms. The first-order valence-corrected chi connectivity index (χ1v) is 7.34. The summed E-state index contributed by atoms with van der Waals surface area (Å²) < 4.78 is 0. The van der Waals surface area contributed by atoms with Crippen LogP contribution < -0.4 is 10.2 Å². The quantitative estimate of drug-likeness (QED) is 0.831. The van der Waals surface area contributed by atoms with Gasteiger partial charge in [-0.15, -0.1) is 0 Å². The number of allylic oxidation sites excluding steroid dienone is 1. The summed E-state index contributed by atoms with van der Waals surface area (Å²) in [7, 11) is 0. The number of aryl methyl sites for hydroxylation is 1. The molecule has 1 atom stereocenters. The van der Waals surface area contributed by atoms with Crippen LogP contribution in [0.5, 0.6) is 0 Å². The Hall–Kier alpha value is -1.28. The van der Waals surface area contributed by atoms with E-state index in [1.54, 1.807) is 0 Å². The Labute approximate surface area is 117 Å². The van der Waals surface area contributed by atoms with Gasteiger partial charge in [-0.05, 0) is 52.3 Å². The SMILES string of the molecule is CC(C)=CCN(c1ccc(C)cc1)C1CCCNC1. The third-order valence-corrected chi connectivity index (χ3v) is 3.77. The highest BCUT2D eigenvalue weighted by molar-refractivity contribution is 5.49. The molecule has 1 aliphatic heterocycles. The van der Waals surface area contributed by atoms with E-state index >= 15 is 0 Å². The molecule has 0 aromatic heterocycles. The molecule has 1 N–H and O–H groups in total. The van der Waals surface area contributed by atoms with Crippen molar-refractivity contribution < 1.29 is 0 Å². The monoisotopic (exact) mass is 258 g/mol. The van der Waals surface area contributed by atoms with Crippen LogP contribution in [-0.2, 0) is 0 Å². The lowest BCUT2D eigenvalue weighted by Gasteiger charge is -2.36. The molecule has 0 amide bonds. The number of nitrogens with zero attached hydrogens (tertiary/aromatic N) is 1. The maximum absolute atomic E-state index is 3.52. The molecule has 2 rings (SSSR count). The molecule has 1 aromatic carbocycles. The molecule has 1 saturated heterocycles. The molecule has 1 aromatic rings. The van der Waals surface area contributed by atoms with Crippen molar-refractivity contribution in [2.75, 3.05) is 24.5 Å². The number of hydrogen-bond donors (Lipinski definition) is 1. The Morgan fingerprint density at radius 2 is 2.05 bits per heavy atom. The second-order valence-electron chi connectivity index (χ2n) is 5.77. The molecule has 0 saturated carbocycles. The normalized spacial score (nSPS) is 19.0. The largest absolute Gasteiger partial charge is 0.364 e. The van der Waals surface area contributed by atoms with Crippen molar-refractivity contribution >= 4 is 5.69 Å². The summed E-state index contributed by atoms with van der Waals surface area (Å²) in [6.45, 7) is 9.77. The second-order valence-corrected chi connectivity index (χ2v) is 5.77. The molecule has 1 fully saturated rings. The molecule has 0 bridgehead atoms. The number of nitrogens with one attached hydrogen (secondary N) is 1. The predicted octanol–water partition coefficient (Wildman–Crippen LogP) is 3.52. The predicted molar refractivity (Wildman–Crippen MR) is 83.8 cm³/mol. The van der Waals surface area contributed by atoms with Crippen molar-refractivity contribution in [1.82, 2.24) is 5.32 Å². The van der Waals surface area contributed by atoms with Gasteiger partial charge in [-0.25, -0.2) is 0 Å². The van der Waals surface area contributed by atoms with Crippen molar-refractivity contribution in [2.45, 2.75) is 39.7 Å². The van der Waals surface area contributed by atoms with Crippen molar-refractivity contribution in [3.05, 3.63) is 41.5 Å². The van der Waals surface area contributed by atoms with Crippen LogP contribution in [0.3, 0.4) is 0 Å². The Balaban J connectivity index is 2.17. The summed E-state index contributed by atoms with van der Waals surface area (Å²) >= 11 is 0. The molecule has 19 heavy (non-hydrogen) atoms. The average Bonchev–Trinajstić information content (AvgIpc) is 2.42. The molecular weight excluding hydrogens is 232 g/mol. The van der Waals surface area contributed by atoms with Crippen LogP contribution in [0.25, 0.3) is 0 Å². The van der Waals surface area contributed by atoms with Crippen LogP contribution in [0.1, 0.15) is 32.3 Å². The van der Waals surface area contributed by atoms with E-state index in [9.17, 15) is 0 Å². The van der Waals surface area contributed by atoms with Crippen molar-refractivity contribution in [3.63, 3.8) is 0 Å². The van der Waals surface area contributed by atoms with Crippen LogP contribution >= 0.6 is 0 Å². The summed E-state index contributed by atoms with van der Waals surface area (Å²) in [5.74, 6) is 0. The zero-order chi connectivity index (χ0) is 13.7. The Morgan fingerprint density at radius 1 is 1.32 bits per heavy atom. The van der Waals surface area contributed by atoms with E-state index in [-0.39, 0.29) is 0 Å². The van der Waals surface area contributed by atoms with E-state index in [1.807, 2.05) is 0 Å². The minimum atomic E-state index is 0.618. The van der Waals surface area contributed by atoms with Gasteiger partial charge in [-0.3, -0.25) is 0 Å². The van der Waals surface area contributed by atoms with E-state index < -0.39 is 0 Å². The number of anilines is 1. The number of piperidine rings is 1. The van der Waals surface area contributed by atoms with Crippen molar-refractivity contribution in [3.8, 4) is 0 Å². The maximum atomic E-state index is 3.52.